The van der Waals surface area contributed by atoms with E-state index in [9.17, 15) is 16.8 Å². The van der Waals surface area contributed by atoms with E-state index in [4.69, 9.17) is 11.5 Å². The van der Waals surface area contributed by atoms with Gasteiger partial charge in [-0.1, -0.05) is 557 Å². The SMILES string of the molecule is C=CP(CCP(Cc1ccccc1)c1ccccc1)c1ccccc1.C=CS(=O)(=O)C=C.NCCP(CCPc1ccccc1)c1ccccc1.NCc1ccccc1.O=S1(=O)C=[P+](c2ccccc2)CCP(c2ccccc2)CCP(c2ccccc2)CC1.c1ccc(CNCCP(CCPc2ccccc2)c2ccccc2)cc1.c1ccc(P2CCSCCP(c3ccccc3)CCP(c3ccccc3)CC2)cc1. The Balaban J connectivity index is 0.000000168. The lowest BCUT2D eigenvalue weighted by Crippen LogP contribution is -2.20. The average Bonchev–Trinajstić information content (AvgIpc) is 1.69. The van der Waals surface area contributed by atoms with E-state index in [1.807, 2.05) is 54.6 Å². The van der Waals surface area contributed by atoms with Gasteiger partial charge in [-0.15, -0.1) is 0 Å². The van der Waals surface area contributed by atoms with Gasteiger partial charge in [0.25, 0.3) is 0 Å². The van der Waals surface area contributed by atoms with E-state index in [1.165, 1.54) is 157 Å². The van der Waals surface area contributed by atoms with Crippen LogP contribution < -0.4 is 80.4 Å². The third-order valence-electron chi connectivity index (χ3n) is 24.3. The lowest BCUT2D eigenvalue weighted by molar-refractivity contribution is 0.609. The Morgan fingerprint density at radius 1 is 0.342 bits per heavy atom. The lowest BCUT2D eigenvalue weighted by Gasteiger charge is -2.27. The zero-order valence-electron chi connectivity index (χ0n) is 84.3. The number of nitrogens with one attached hydrogen (secondary N) is 1. The third kappa shape index (κ3) is 46.4. The van der Waals surface area contributed by atoms with E-state index in [2.05, 4.69) is 443 Å². The minimum Gasteiger partial charge on any atom is -0.330 e. The van der Waals surface area contributed by atoms with Gasteiger partial charge in [-0.2, -0.15) is 11.8 Å². The first kappa shape index (κ1) is 119. The van der Waals surface area contributed by atoms with Crippen LogP contribution in [0.25, 0.3) is 0 Å². The highest BCUT2D eigenvalue weighted by atomic mass is 32.2. The number of nitrogens with two attached hydrogens (primary N) is 2. The van der Waals surface area contributed by atoms with Crippen LogP contribution >= 0.6 is 108 Å². The largest absolute Gasteiger partial charge is 0.330 e. The van der Waals surface area contributed by atoms with Crippen molar-refractivity contribution in [2.24, 2.45) is 11.5 Å². The molecule has 0 aromatic heterocycles. The molecule has 2 aliphatic rings. The molecule has 0 spiro atoms. The standard InChI is InChI=1S/C26H31P3S.C25H28O2P3S.C23H27NP2.C23H24P2.C16H21NP2.C7H9N.C4H6O2S/c1-4-10-24(11-5-1)27-16-18-28(25-12-6-2-7-13-25)20-22-30-23-21-29(19-17-27)26-14-8-3-9-15-26;26-31(27)21-20-29(24-12-6-2-7-13-24)17-16-28(23-10-4-1-5-11-23)18-19-30(22-31)25-14-8-3-9-15-25;1-4-10-21(11-5-1)20-24-16-18-26(23-14-8-3-9-15-23)19-17-25-22-12-6-2-7-13-22;1-2-24(22-14-8-4-9-15-22)18-19-25(23-16-10-5-11-17-23)20-21-12-6-3-7-13-21;17-11-13-19(16-9-5-2-6-10-16)14-12-18-15-7-3-1-4-8-15;8-6-7-4-2-1-3-5-7;1-3-7(5,6)4-2/h1-15H,16-23H2;1-15,22H,16-21H2;1-15,24-25H,16-20H2;2-17H,1,18-20H2;1-10,18H,11-14,17H2;1-5H,6,8H2;3-4H,1-2H2/q;+1;;;;;. The minimum absolute atomic E-state index is 0.0311. The Hall–Kier alpha value is -7.45. The van der Waals surface area contributed by atoms with Crippen molar-refractivity contribution in [2.45, 2.75) is 19.3 Å². The fourth-order valence-corrected chi connectivity index (χ4v) is 52.2. The van der Waals surface area contributed by atoms with Gasteiger partial charge in [-0.3, -0.25) is 0 Å². The molecule has 0 saturated carbocycles. The maximum absolute atomic E-state index is 13.1. The molecule has 146 heavy (non-hydrogen) atoms. The molecule has 0 radical (unpaired) electrons. The predicted octanol–water partition coefficient (Wildman–Crippen LogP) is 25.9. The molecule has 2 heterocycles. The number of thioether (sulfide) groups is 1. The van der Waals surface area contributed by atoms with Crippen LogP contribution in [0.3, 0.4) is 0 Å². The molecule has 2 aliphatic heterocycles. The molecular formula is C124H146N3O4P12S3+. The molecule has 11 atom stereocenters. The van der Waals surface area contributed by atoms with Crippen LogP contribution in [0.15, 0.2) is 491 Å². The minimum atomic E-state index is -3.19. The van der Waals surface area contributed by atoms with Crippen molar-refractivity contribution in [3.05, 3.63) is 508 Å². The van der Waals surface area contributed by atoms with Crippen LogP contribution in [0.1, 0.15) is 16.7 Å². The van der Waals surface area contributed by atoms with Crippen molar-refractivity contribution in [1.29, 1.82) is 0 Å². The van der Waals surface area contributed by atoms with E-state index in [-0.39, 0.29) is 69.1 Å². The van der Waals surface area contributed by atoms with Crippen molar-refractivity contribution < 1.29 is 16.8 Å². The number of benzene rings is 15. The first-order valence-corrected chi connectivity index (χ1v) is 74.1. The summed E-state index contributed by atoms with van der Waals surface area (Å²) in [7, 11) is -6.81. The van der Waals surface area contributed by atoms with Crippen LogP contribution in [-0.2, 0) is 38.9 Å². The van der Waals surface area contributed by atoms with E-state index >= 15 is 0 Å². The van der Waals surface area contributed by atoms with Crippen molar-refractivity contribution in [3.63, 3.8) is 0 Å². The Bertz CT molecular complexity index is 6200. The smallest absolute Gasteiger partial charge is 0.211 e. The van der Waals surface area contributed by atoms with Gasteiger partial charge in [-0.25, -0.2) is 16.8 Å². The molecule has 7 nitrogen and oxygen atoms in total. The normalized spacial score (nSPS) is 17.0. The maximum atomic E-state index is 13.1. The fourth-order valence-electron chi connectivity index (χ4n) is 16.4. The van der Waals surface area contributed by atoms with Gasteiger partial charge in [0.15, 0.2) is 9.84 Å². The highest BCUT2D eigenvalue weighted by molar-refractivity contribution is 8.11. The van der Waals surface area contributed by atoms with Crippen LogP contribution in [-0.4, -0.2) is 169 Å². The van der Waals surface area contributed by atoms with E-state index in [0.717, 1.165) is 84.6 Å². The molecule has 758 valence electrons. The van der Waals surface area contributed by atoms with Crippen molar-refractivity contribution in [1.82, 2.24) is 5.32 Å². The fraction of sp³-hybridized carbons (Fsp3) is 0.218. The van der Waals surface area contributed by atoms with E-state index in [1.54, 1.807) is 26.3 Å². The van der Waals surface area contributed by atoms with Crippen LogP contribution in [0, 0.1) is 0 Å². The van der Waals surface area contributed by atoms with Crippen LogP contribution in [0.4, 0.5) is 0 Å². The number of hydrogen-bond donors (Lipinski definition) is 3. The number of sulfone groups is 2. The van der Waals surface area contributed by atoms with Crippen molar-refractivity contribution in [3.8, 4) is 0 Å². The first-order chi connectivity index (χ1) is 71.7. The zero-order chi connectivity index (χ0) is 102. The van der Waals surface area contributed by atoms with Gasteiger partial charge in [0.05, 0.1) is 5.75 Å². The zero-order valence-corrected chi connectivity index (χ0v) is 97.7. The van der Waals surface area contributed by atoms with Crippen molar-refractivity contribution in [2.75, 3.05) is 147 Å². The highest BCUT2D eigenvalue weighted by Gasteiger charge is 2.28. The Kier molecular flexibility index (Phi) is 58.1. The summed E-state index contributed by atoms with van der Waals surface area (Å²) in [6.45, 7) is 13.7. The maximum Gasteiger partial charge on any atom is 0.211 e. The van der Waals surface area contributed by atoms with Crippen LogP contribution in [0.2, 0.25) is 0 Å². The predicted molar refractivity (Wildman–Crippen MR) is 680 cm³/mol. The summed E-state index contributed by atoms with van der Waals surface area (Å²) in [4.78, 5) is 0. The molecule has 0 amide bonds. The second-order valence-corrected chi connectivity index (χ2v) is 66.9. The quantitative estimate of drug-likeness (QED) is 0.0268. The van der Waals surface area contributed by atoms with Gasteiger partial charge >= 0.3 is 0 Å². The summed E-state index contributed by atoms with van der Waals surface area (Å²) in [5.74, 6) is 5.08. The van der Waals surface area contributed by atoms with Gasteiger partial charge in [0.1, 0.15) is 19.0 Å². The summed E-state index contributed by atoms with van der Waals surface area (Å²) in [6.07, 6.45) is 24.6. The summed E-state index contributed by atoms with van der Waals surface area (Å²) < 4.78 is 46.4. The van der Waals surface area contributed by atoms with Gasteiger partial charge in [0.2, 0.25) is 15.0 Å². The van der Waals surface area contributed by atoms with E-state index < -0.39 is 35.1 Å². The molecule has 11 unspecified atom stereocenters. The Morgan fingerprint density at radius 3 is 1.01 bits per heavy atom. The molecule has 0 aliphatic carbocycles. The number of rotatable bonds is 34. The third-order valence-corrected chi connectivity index (χ3v) is 59.5. The van der Waals surface area contributed by atoms with Crippen molar-refractivity contribution >= 4 is 196 Å². The Labute approximate surface area is 896 Å². The van der Waals surface area contributed by atoms with Gasteiger partial charge in [0, 0.05) is 30.1 Å². The second-order valence-electron chi connectivity index (χ2n) is 34.5. The monoisotopic (exact) mass is 2210 g/mol. The number of hydrogen-bond acceptors (Lipinski definition) is 8. The molecule has 15 aromatic carbocycles. The molecular weight excluding hydrogens is 2060 g/mol. The molecule has 17 rings (SSSR count). The Morgan fingerprint density at radius 2 is 0.658 bits per heavy atom. The molecule has 15 aromatic rings. The first-order valence-electron chi connectivity index (χ1n) is 50.4. The highest BCUT2D eigenvalue weighted by Crippen LogP contribution is 2.49. The summed E-state index contributed by atoms with van der Waals surface area (Å²) in [6, 6.07) is 163. The average molecular weight is 2210 g/mol. The van der Waals surface area contributed by atoms with Gasteiger partial charge < -0.3 is 16.8 Å². The molecule has 1 saturated heterocycles. The molecule has 22 heteroatoms. The molecule has 1 fully saturated rings. The summed E-state index contributed by atoms with van der Waals surface area (Å²) in [5, 5.41) is 24.8. The summed E-state index contributed by atoms with van der Waals surface area (Å²) >= 11 is 2.20. The molecule has 5 N–H and O–H groups in total. The topological polar surface area (TPSA) is 132 Å². The van der Waals surface area contributed by atoms with E-state index in [0.29, 0.717) is 6.54 Å². The van der Waals surface area contributed by atoms with Crippen LogP contribution in [0.5, 0.6) is 0 Å². The summed E-state index contributed by atoms with van der Waals surface area (Å²) in [5.41, 5.74) is 15.1. The second kappa shape index (κ2) is 71.4. The van der Waals surface area contributed by atoms with Gasteiger partial charge in [-0.05, 0) is 223 Å². The molecule has 0 bridgehead atoms. The lowest BCUT2D eigenvalue weighted by atomic mass is 10.2.